The fourth-order valence-electron chi connectivity index (χ4n) is 2.23. The van der Waals surface area contributed by atoms with Gasteiger partial charge < -0.3 is 4.52 Å². The van der Waals surface area contributed by atoms with E-state index in [1.165, 1.54) is 11.3 Å². The molecule has 6 nitrogen and oxygen atoms in total. The molecule has 0 spiro atoms. The molecule has 0 aliphatic carbocycles. The van der Waals surface area contributed by atoms with Crippen LogP contribution in [0.1, 0.15) is 17.0 Å². The zero-order valence-electron chi connectivity index (χ0n) is 13.3. The minimum absolute atomic E-state index is 0.196. The number of aromatic nitrogens is 2. The molecule has 1 aromatic carbocycles. The molecule has 0 saturated carbocycles. The van der Waals surface area contributed by atoms with Gasteiger partial charge in [0.25, 0.3) is 0 Å². The highest BCUT2D eigenvalue weighted by atomic mass is 32.2. The molecule has 2 heterocycles. The first-order valence-corrected chi connectivity index (χ1v) is 9.75. The standard InChI is InChI=1S/C16H17N3O3S2/c1-11-5-6-12(2)14(10-11)24(20,21)17-8-7-15-18-16(19-22-15)13-4-3-9-23-13/h3-6,9-10,17H,7-8H2,1-2H3. The van der Waals surface area contributed by atoms with Gasteiger partial charge in [0, 0.05) is 13.0 Å². The van der Waals surface area contributed by atoms with E-state index in [9.17, 15) is 8.42 Å². The van der Waals surface area contributed by atoms with Gasteiger partial charge in [-0.15, -0.1) is 11.3 Å². The molecule has 8 heteroatoms. The van der Waals surface area contributed by atoms with Crippen LogP contribution < -0.4 is 4.72 Å². The first kappa shape index (κ1) is 16.8. The van der Waals surface area contributed by atoms with Crippen molar-refractivity contribution in [2.24, 2.45) is 0 Å². The molecule has 0 bridgehead atoms. The van der Waals surface area contributed by atoms with E-state index < -0.39 is 10.0 Å². The Morgan fingerprint density at radius 2 is 2.08 bits per heavy atom. The van der Waals surface area contributed by atoms with Crippen LogP contribution in [0.15, 0.2) is 45.1 Å². The molecule has 0 atom stereocenters. The molecule has 0 amide bonds. The second-order valence-corrected chi connectivity index (χ2v) is 8.09. The molecule has 3 rings (SSSR count). The van der Waals surface area contributed by atoms with Gasteiger partial charge in [-0.3, -0.25) is 0 Å². The Morgan fingerprint density at radius 3 is 2.83 bits per heavy atom. The molecule has 0 saturated heterocycles. The topological polar surface area (TPSA) is 85.1 Å². The summed E-state index contributed by atoms with van der Waals surface area (Å²) in [5.74, 6) is 0.930. The molecule has 2 aromatic heterocycles. The van der Waals surface area contributed by atoms with Gasteiger partial charge in [-0.1, -0.05) is 23.4 Å². The van der Waals surface area contributed by atoms with Crippen LogP contribution in [0.5, 0.6) is 0 Å². The van der Waals surface area contributed by atoms with Crippen molar-refractivity contribution in [3.05, 3.63) is 52.7 Å². The third kappa shape index (κ3) is 3.72. The van der Waals surface area contributed by atoms with Gasteiger partial charge >= 0.3 is 0 Å². The van der Waals surface area contributed by atoms with E-state index in [1.807, 2.05) is 30.5 Å². The molecule has 0 unspecified atom stereocenters. The molecular formula is C16H17N3O3S2. The molecule has 24 heavy (non-hydrogen) atoms. The Balaban J connectivity index is 1.64. The first-order valence-electron chi connectivity index (χ1n) is 7.39. The zero-order chi connectivity index (χ0) is 17.2. The number of rotatable bonds is 6. The van der Waals surface area contributed by atoms with Crippen LogP contribution in [0.2, 0.25) is 0 Å². The molecule has 126 valence electrons. The van der Waals surface area contributed by atoms with Crippen molar-refractivity contribution in [3.63, 3.8) is 0 Å². The normalized spacial score (nSPS) is 11.8. The van der Waals surface area contributed by atoms with Gasteiger partial charge in [0.2, 0.25) is 21.7 Å². The average Bonchev–Trinajstić information content (AvgIpc) is 3.20. The van der Waals surface area contributed by atoms with Crippen molar-refractivity contribution in [1.82, 2.24) is 14.9 Å². The Hall–Kier alpha value is -2.03. The Bertz CT molecular complexity index is 931. The predicted molar refractivity (Wildman–Crippen MR) is 92.4 cm³/mol. The Morgan fingerprint density at radius 1 is 1.25 bits per heavy atom. The fourth-order valence-corrected chi connectivity index (χ4v) is 4.24. The maximum Gasteiger partial charge on any atom is 0.240 e. The number of sulfonamides is 1. The number of benzene rings is 1. The lowest BCUT2D eigenvalue weighted by atomic mass is 10.2. The van der Waals surface area contributed by atoms with Crippen LogP contribution in [0.3, 0.4) is 0 Å². The van der Waals surface area contributed by atoms with E-state index >= 15 is 0 Å². The van der Waals surface area contributed by atoms with E-state index in [1.54, 1.807) is 19.1 Å². The lowest BCUT2D eigenvalue weighted by Gasteiger charge is -2.09. The van der Waals surface area contributed by atoms with Crippen molar-refractivity contribution in [1.29, 1.82) is 0 Å². The van der Waals surface area contributed by atoms with E-state index in [-0.39, 0.29) is 6.54 Å². The van der Waals surface area contributed by atoms with Crippen LogP contribution in [0, 0.1) is 13.8 Å². The van der Waals surface area contributed by atoms with Gasteiger partial charge in [-0.25, -0.2) is 13.1 Å². The number of nitrogens with zero attached hydrogens (tertiary/aromatic N) is 2. The Kier molecular flexibility index (Phi) is 4.79. The highest BCUT2D eigenvalue weighted by molar-refractivity contribution is 7.89. The maximum absolute atomic E-state index is 12.4. The summed E-state index contributed by atoms with van der Waals surface area (Å²) in [5, 5.41) is 5.84. The molecule has 0 radical (unpaired) electrons. The molecule has 0 fully saturated rings. The fraction of sp³-hybridized carbons (Fsp3) is 0.250. The van der Waals surface area contributed by atoms with Crippen molar-refractivity contribution < 1.29 is 12.9 Å². The molecule has 0 aliphatic heterocycles. The van der Waals surface area contributed by atoms with Crippen molar-refractivity contribution >= 4 is 21.4 Å². The monoisotopic (exact) mass is 363 g/mol. The van der Waals surface area contributed by atoms with E-state index in [2.05, 4.69) is 14.9 Å². The quantitative estimate of drug-likeness (QED) is 0.728. The van der Waals surface area contributed by atoms with Crippen LogP contribution in [0.4, 0.5) is 0 Å². The molecule has 3 aromatic rings. The highest BCUT2D eigenvalue weighted by Crippen LogP contribution is 2.21. The highest BCUT2D eigenvalue weighted by Gasteiger charge is 2.17. The third-order valence-corrected chi connectivity index (χ3v) is 5.94. The Labute approximate surface area is 144 Å². The van der Waals surface area contributed by atoms with Crippen molar-refractivity contribution in [2.45, 2.75) is 25.2 Å². The molecular weight excluding hydrogens is 346 g/mol. The van der Waals surface area contributed by atoms with Gasteiger partial charge in [0.05, 0.1) is 9.77 Å². The van der Waals surface area contributed by atoms with E-state index in [4.69, 9.17) is 4.52 Å². The van der Waals surface area contributed by atoms with Crippen LogP contribution in [0.25, 0.3) is 10.7 Å². The number of hydrogen-bond acceptors (Lipinski definition) is 6. The zero-order valence-corrected chi connectivity index (χ0v) is 14.9. The largest absolute Gasteiger partial charge is 0.339 e. The van der Waals surface area contributed by atoms with Crippen molar-refractivity contribution in [3.8, 4) is 10.7 Å². The summed E-state index contributed by atoms with van der Waals surface area (Å²) in [6.07, 6.45) is 0.336. The average molecular weight is 363 g/mol. The first-order chi connectivity index (χ1) is 11.5. The van der Waals surface area contributed by atoms with Gasteiger partial charge in [-0.05, 0) is 42.5 Å². The molecule has 0 aliphatic rings. The number of hydrogen-bond donors (Lipinski definition) is 1. The summed E-state index contributed by atoms with van der Waals surface area (Å²) in [5.41, 5.74) is 1.62. The van der Waals surface area contributed by atoms with E-state index in [0.717, 1.165) is 10.4 Å². The summed E-state index contributed by atoms with van der Waals surface area (Å²) in [4.78, 5) is 5.49. The van der Waals surface area contributed by atoms with E-state index in [0.29, 0.717) is 28.6 Å². The second-order valence-electron chi connectivity index (χ2n) is 5.41. The van der Waals surface area contributed by atoms with Gasteiger partial charge in [0.15, 0.2) is 0 Å². The minimum atomic E-state index is -3.56. The number of nitrogens with one attached hydrogen (secondary N) is 1. The van der Waals surface area contributed by atoms with Crippen LogP contribution >= 0.6 is 11.3 Å². The molecule has 1 N–H and O–H groups in total. The summed E-state index contributed by atoms with van der Waals surface area (Å²) in [6, 6.07) is 9.17. The van der Waals surface area contributed by atoms with Gasteiger partial charge in [-0.2, -0.15) is 4.98 Å². The number of aryl methyl sites for hydroxylation is 2. The second kappa shape index (κ2) is 6.84. The summed E-state index contributed by atoms with van der Waals surface area (Å²) in [7, 11) is -3.56. The van der Waals surface area contributed by atoms with Crippen LogP contribution in [-0.2, 0) is 16.4 Å². The SMILES string of the molecule is Cc1ccc(C)c(S(=O)(=O)NCCc2nc(-c3cccs3)no2)c1. The smallest absolute Gasteiger partial charge is 0.240 e. The van der Waals surface area contributed by atoms with Gasteiger partial charge in [0.1, 0.15) is 0 Å². The number of thiophene rings is 1. The predicted octanol–water partition coefficient (Wildman–Crippen LogP) is 2.94. The third-order valence-electron chi connectivity index (χ3n) is 3.47. The van der Waals surface area contributed by atoms with Crippen molar-refractivity contribution in [2.75, 3.05) is 6.54 Å². The summed E-state index contributed by atoms with van der Waals surface area (Å²) < 4.78 is 32.6. The maximum atomic E-state index is 12.4. The summed E-state index contributed by atoms with van der Waals surface area (Å²) >= 11 is 1.52. The minimum Gasteiger partial charge on any atom is -0.339 e. The lowest BCUT2D eigenvalue weighted by Crippen LogP contribution is -2.26. The lowest BCUT2D eigenvalue weighted by molar-refractivity contribution is 0.379. The summed E-state index contributed by atoms with van der Waals surface area (Å²) in [6.45, 7) is 3.84. The van der Waals surface area contributed by atoms with Crippen LogP contribution in [-0.4, -0.2) is 25.1 Å².